The first kappa shape index (κ1) is 24.4. The van der Waals surface area contributed by atoms with Crippen molar-refractivity contribution in [1.82, 2.24) is 0 Å². The second-order valence-corrected chi connectivity index (χ2v) is 10.4. The van der Waals surface area contributed by atoms with Crippen molar-refractivity contribution in [3.05, 3.63) is 59.2 Å². The van der Waals surface area contributed by atoms with Crippen LogP contribution in [0.5, 0.6) is 0 Å². The molecule has 0 spiro atoms. The molecule has 0 heterocycles. The van der Waals surface area contributed by atoms with Crippen molar-refractivity contribution in [3.63, 3.8) is 0 Å². The van der Waals surface area contributed by atoms with Crippen LogP contribution in [0.2, 0.25) is 0 Å². The van der Waals surface area contributed by atoms with Gasteiger partial charge in [0.15, 0.2) is 0 Å². The Balaban J connectivity index is 1.96. The van der Waals surface area contributed by atoms with E-state index < -0.39 is 47.0 Å². The zero-order valence-electron chi connectivity index (χ0n) is 20.0. The van der Waals surface area contributed by atoms with Gasteiger partial charge in [0.25, 0.3) is 0 Å². The van der Waals surface area contributed by atoms with E-state index in [9.17, 15) is 19.2 Å². The highest BCUT2D eigenvalue weighted by Gasteiger charge is 2.36. The average molecular weight is 451 g/mol. The summed E-state index contributed by atoms with van der Waals surface area (Å²) in [5.41, 5.74) is 2.89. The number of carbonyl (C=O) groups excluding carboxylic acids is 4. The van der Waals surface area contributed by atoms with E-state index in [2.05, 4.69) is 0 Å². The molecule has 1 atom stereocenters. The predicted octanol–water partition coefficient (Wildman–Crippen LogP) is 4.96. The number of fused-ring (bicyclic) bond motifs is 3. The first-order valence-electron chi connectivity index (χ1n) is 11.0. The number of rotatable bonds is 4. The van der Waals surface area contributed by atoms with Gasteiger partial charge in [0.1, 0.15) is 0 Å². The van der Waals surface area contributed by atoms with E-state index in [4.69, 9.17) is 9.47 Å². The van der Waals surface area contributed by atoms with Crippen molar-refractivity contribution >= 4 is 23.9 Å². The monoisotopic (exact) mass is 450 g/mol. The van der Waals surface area contributed by atoms with E-state index >= 15 is 0 Å². The zero-order valence-corrected chi connectivity index (χ0v) is 20.0. The molecule has 174 valence electrons. The average Bonchev–Trinajstić information content (AvgIpc) is 3.09. The molecular weight excluding hydrogens is 420 g/mol. The van der Waals surface area contributed by atoms with Gasteiger partial charge in [-0.05, 0) is 75.8 Å². The molecule has 0 fully saturated rings. The summed E-state index contributed by atoms with van der Waals surface area (Å²) in [6.07, 6.45) is 0.180. The largest absolute Gasteiger partial charge is 0.393 e. The molecule has 33 heavy (non-hydrogen) atoms. The maximum absolute atomic E-state index is 13.2. The third-order valence-corrected chi connectivity index (χ3v) is 5.54. The summed E-state index contributed by atoms with van der Waals surface area (Å²) in [6, 6.07) is 13.5. The standard InChI is InChI=1S/C27H30O6/c1-26(2,3)24(30)32-22(28)15-21(23(29)33-25(31)27(4,5)6)19-13-9-12-18-17-11-8-7-10-16(17)14-20(18)19/h7-13,21H,14-15H2,1-6H3. The van der Waals surface area contributed by atoms with Crippen molar-refractivity contribution < 1.29 is 28.7 Å². The van der Waals surface area contributed by atoms with Crippen molar-refractivity contribution in [2.45, 2.75) is 60.3 Å². The van der Waals surface area contributed by atoms with E-state index in [1.807, 2.05) is 36.4 Å². The number of hydrogen-bond donors (Lipinski definition) is 0. The van der Waals surface area contributed by atoms with Gasteiger partial charge in [-0.1, -0.05) is 42.5 Å². The van der Waals surface area contributed by atoms with Gasteiger partial charge in [-0.25, -0.2) is 0 Å². The molecular formula is C27H30O6. The van der Waals surface area contributed by atoms with E-state index in [-0.39, 0.29) is 0 Å². The number of ether oxygens (including phenoxy) is 2. The van der Waals surface area contributed by atoms with Gasteiger partial charge in [-0.15, -0.1) is 0 Å². The van der Waals surface area contributed by atoms with E-state index in [0.717, 1.165) is 22.3 Å². The van der Waals surface area contributed by atoms with Gasteiger partial charge in [0.05, 0.1) is 23.2 Å². The summed E-state index contributed by atoms with van der Waals surface area (Å²) >= 11 is 0. The van der Waals surface area contributed by atoms with Crippen LogP contribution in [-0.2, 0) is 35.1 Å². The summed E-state index contributed by atoms with van der Waals surface area (Å²) in [4.78, 5) is 50.4. The predicted molar refractivity (Wildman–Crippen MR) is 123 cm³/mol. The highest BCUT2D eigenvalue weighted by atomic mass is 16.6. The van der Waals surface area contributed by atoms with E-state index in [1.54, 1.807) is 47.6 Å². The topological polar surface area (TPSA) is 86.7 Å². The Morgan fingerprint density at radius 1 is 0.788 bits per heavy atom. The molecule has 2 aromatic rings. The second-order valence-electron chi connectivity index (χ2n) is 10.4. The fourth-order valence-electron chi connectivity index (χ4n) is 3.61. The van der Waals surface area contributed by atoms with Crippen LogP contribution in [0.4, 0.5) is 0 Å². The minimum absolute atomic E-state index is 0.412. The zero-order chi connectivity index (χ0) is 24.6. The molecule has 3 rings (SSSR count). The SMILES string of the molecule is CC(C)(C)C(=O)OC(=O)CC(C(=O)OC(=O)C(C)(C)C)c1cccc2c1Cc1ccccc1-2. The summed E-state index contributed by atoms with van der Waals surface area (Å²) in [6.45, 7) is 9.84. The summed E-state index contributed by atoms with van der Waals surface area (Å²) in [7, 11) is 0. The van der Waals surface area contributed by atoms with Crippen molar-refractivity contribution in [2.75, 3.05) is 0 Å². The highest BCUT2D eigenvalue weighted by molar-refractivity contribution is 5.96. The lowest BCUT2D eigenvalue weighted by molar-refractivity contribution is -0.171. The molecule has 6 nitrogen and oxygen atoms in total. The van der Waals surface area contributed by atoms with Crippen LogP contribution in [0.25, 0.3) is 11.1 Å². The summed E-state index contributed by atoms with van der Waals surface area (Å²) in [5.74, 6) is -4.13. The first-order valence-corrected chi connectivity index (χ1v) is 11.0. The number of hydrogen-bond acceptors (Lipinski definition) is 6. The molecule has 0 amide bonds. The number of carbonyl (C=O) groups is 4. The van der Waals surface area contributed by atoms with Gasteiger partial charge in [0.2, 0.25) is 0 Å². The van der Waals surface area contributed by atoms with Crippen LogP contribution >= 0.6 is 0 Å². The lowest BCUT2D eigenvalue weighted by Gasteiger charge is -2.22. The second kappa shape index (κ2) is 8.93. The molecule has 6 heteroatoms. The maximum atomic E-state index is 13.2. The quantitative estimate of drug-likeness (QED) is 0.412. The normalized spacial score (nSPS) is 13.5. The van der Waals surface area contributed by atoms with Crippen LogP contribution in [0.15, 0.2) is 42.5 Å². The Kier molecular flexibility index (Phi) is 6.59. The number of benzene rings is 2. The van der Waals surface area contributed by atoms with Crippen LogP contribution < -0.4 is 0 Å². The van der Waals surface area contributed by atoms with Gasteiger partial charge in [-0.3, -0.25) is 19.2 Å². The lowest BCUT2D eigenvalue weighted by Crippen LogP contribution is -2.31. The van der Waals surface area contributed by atoms with Gasteiger partial charge in [-0.2, -0.15) is 0 Å². The lowest BCUT2D eigenvalue weighted by atomic mass is 9.88. The van der Waals surface area contributed by atoms with E-state index in [1.165, 1.54) is 0 Å². The molecule has 1 aliphatic carbocycles. The Morgan fingerprint density at radius 2 is 1.36 bits per heavy atom. The maximum Gasteiger partial charge on any atom is 0.321 e. The van der Waals surface area contributed by atoms with Crippen LogP contribution in [0.1, 0.15) is 70.6 Å². The van der Waals surface area contributed by atoms with Crippen molar-refractivity contribution in [3.8, 4) is 11.1 Å². The molecule has 1 aliphatic rings. The molecule has 0 saturated carbocycles. The minimum atomic E-state index is -1.08. The fraction of sp³-hybridized carbons (Fsp3) is 0.407. The van der Waals surface area contributed by atoms with Crippen LogP contribution in [0, 0.1) is 10.8 Å². The molecule has 2 aromatic carbocycles. The highest BCUT2D eigenvalue weighted by Crippen LogP contribution is 2.41. The number of esters is 4. The molecule has 0 aliphatic heterocycles. The van der Waals surface area contributed by atoms with Crippen LogP contribution in [-0.4, -0.2) is 23.9 Å². The Hall–Kier alpha value is -3.28. The Morgan fingerprint density at radius 3 is 2.00 bits per heavy atom. The first-order chi connectivity index (χ1) is 15.3. The fourth-order valence-corrected chi connectivity index (χ4v) is 3.61. The van der Waals surface area contributed by atoms with Gasteiger partial charge >= 0.3 is 23.9 Å². The smallest absolute Gasteiger partial charge is 0.321 e. The molecule has 0 bridgehead atoms. The Labute approximate surface area is 194 Å². The molecule has 0 aromatic heterocycles. The molecule has 0 N–H and O–H groups in total. The summed E-state index contributed by atoms with van der Waals surface area (Å²) < 4.78 is 10.2. The third kappa shape index (κ3) is 5.38. The molecule has 0 saturated heterocycles. The molecule has 0 radical (unpaired) electrons. The minimum Gasteiger partial charge on any atom is -0.393 e. The van der Waals surface area contributed by atoms with Crippen LogP contribution in [0.3, 0.4) is 0 Å². The molecule has 1 unspecified atom stereocenters. The van der Waals surface area contributed by atoms with Gasteiger partial charge in [0, 0.05) is 0 Å². The van der Waals surface area contributed by atoms with Crippen molar-refractivity contribution in [2.24, 2.45) is 10.8 Å². The van der Waals surface area contributed by atoms with Crippen molar-refractivity contribution in [1.29, 1.82) is 0 Å². The van der Waals surface area contributed by atoms with E-state index in [0.29, 0.717) is 12.0 Å². The summed E-state index contributed by atoms with van der Waals surface area (Å²) in [5, 5.41) is 0. The van der Waals surface area contributed by atoms with Gasteiger partial charge < -0.3 is 9.47 Å². The third-order valence-electron chi connectivity index (χ3n) is 5.54. The Bertz CT molecular complexity index is 1110.